The van der Waals surface area contributed by atoms with Crippen LogP contribution >= 0.6 is 0 Å². The second-order valence-corrected chi connectivity index (χ2v) is 6.02. The zero-order valence-electron chi connectivity index (χ0n) is 15.9. The SMILES string of the molecule is COC(=O)C(Cc1ccccc1)NC(=O)CCc1ccc(OC)c(OC)c1. The number of carbonyl (C=O) groups is 2. The van der Waals surface area contributed by atoms with E-state index in [1.165, 1.54) is 7.11 Å². The summed E-state index contributed by atoms with van der Waals surface area (Å²) in [6, 6.07) is 14.3. The molecule has 6 heteroatoms. The van der Waals surface area contributed by atoms with Crippen molar-refractivity contribution in [1.82, 2.24) is 5.32 Å². The Morgan fingerprint density at radius 2 is 1.63 bits per heavy atom. The average Bonchev–Trinajstić information content (AvgIpc) is 2.71. The van der Waals surface area contributed by atoms with Gasteiger partial charge in [-0.2, -0.15) is 0 Å². The van der Waals surface area contributed by atoms with Crippen molar-refractivity contribution in [3.05, 3.63) is 59.7 Å². The molecule has 0 aliphatic heterocycles. The van der Waals surface area contributed by atoms with E-state index in [0.29, 0.717) is 24.3 Å². The molecule has 27 heavy (non-hydrogen) atoms. The van der Waals surface area contributed by atoms with Gasteiger partial charge in [-0.15, -0.1) is 0 Å². The molecule has 144 valence electrons. The Morgan fingerprint density at radius 1 is 0.926 bits per heavy atom. The fourth-order valence-corrected chi connectivity index (χ4v) is 2.75. The van der Waals surface area contributed by atoms with Crippen molar-refractivity contribution < 1.29 is 23.8 Å². The third kappa shape index (κ3) is 6.02. The molecule has 1 atom stereocenters. The van der Waals surface area contributed by atoms with Gasteiger partial charge in [0.05, 0.1) is 21.3 Å². The van der Waals surface area contributed by atoms with Crippen LogP contribution in [0.4, 0.5) is 0 Å². The minimum Gasteiger partial charge on any atom is -0.493 e. The van der Waals surface area contributed by atoms with E-state index < -0.39 is 12.0 Å². The van der Waals surface area contributed by atoms with Crippen LogP contribution in [0, 0.1) is 0 Å². The van der Waals surface area contributed by atoms with Crippen molar-refractivity contribution >= 4 is 11.9 Å². The summed E-state index contributed by atoms with van der Waals surface area (Å²) < 4.78 is 15.3. The van der Waals surface area contributed by atoms with Gasteiger partial charge in [-0.1, -0.05) is 36.4 Å². The van der Waals surface area contributed by atoms with Gasteiger partial charge in [-0.25, -0.2) is 4.79 Å². The van der Waals surface area contributed by atoms with E-state index in [1.807, 2.05) is 42.5 Å². The molecule has 1 unspecified atom stereocenters. The predicted molar refractivity (Wildman–Crippen MR) is 102 cm³/mol. The zero-order valence-corrected chi connectivity index (χ0v) is 15.9. The van der Waals surface area contributed by atoms with Gasteiger partial charge in [0, 0.05) is 12.8 Å². The van der Waals surface area contributed by atoms with Crippen LogP contribution in [-0.2, 0) is 27.2 Å². The van der Waals surface area contributed by atoms with E-state index in [9.17, 15) is 9.59 Å². The monoisotopic (exact) mass is 371 g/mol. The van der Waals surface area contributed by atoms with Crippen molar-refractivity contribution in [3.8, 4) is 11.5 Å². The number of ether oxygens (including phenoxy) is 3. The highest BCUT2D eigenvalue weighted by Crippen LogP contribution is 2.27. The first-order valence-electron chi connectivity index (χ1n) is 8.69. The van der Waals surface area contributed by atoms with Crippen LogP contribution in [0.15, 0.2) is 48.5 Å². The lowest BCUT2D eigenvalue weighted by Crippen LogP contribution is -2.43. The molecule has 0 radical (unpaired) electrons. The molecule has 0 spiro atoms. The number of hydrogen-bond donors (Lipinski definition) is 1. The van der Waals surface area contributed by atoms with Crippen molar-refractivity contribution in [2.24, 2.45) is 0 Å². The smallest absolute Gasteiger partial charge is 0.328 e. The summed E-state index contributed by atoms with van der Waals surface area (Å²) in [7, 11) is 4.46. The van der Waals surface area contributed by atoms with Crippen molar-refractivity contribution in [2.75, 3.05) is 21.3 Å². The summed E-state index contributed by atoms with van der Waals surface area (Å²) in [6.07, 6.45) is 1.15. The molecule has 0 aliphatic rings. The number of amides is 1. The largest absolute Gasteiger partial charge is 0.493 e. The maximum Gasteiger partial charge on any atom is 0.328 e. The molecule has 0 heterocycles. The van der Waals surface area contributed by atoms with Crippen LogP contribution < -0.4 is 14.8 Å². The maximum absolute atomic E-state index is 12.3. The summed E-state index contributed by atoms with van der Waals surface area (Å²) in [6.45, 7) is 0. The second-order valence-electron chi connectivity index (χ2n) is 6.02. The first-order chi connectivity index (χ1) is 13.1. The highest BCUT2D eigenvalue weighted by Gasteiger charge is 2.21. The van der Waals surface area contributed by atoms with Gasteiger partial charge in [0.1, 0.15) is 6.04 Å². The molecule has 2 aromatic rings. The number of hydrogen-bond acceptors (Lipinski definition) is 5. The number of esters is 1. The normalized spacial score (nSPS) is 11.4. The van der Waals surface area contributed by atoms with Crippen LogP contribution in [0.25, 0.3) is 0 Å². The maximum atomic E-state index is 12.3. The van der Waals surface area contributed by atoms with E-state index in [4.69, 9.17) is 14.2 Å². The Kier molecular flexibility index (Phi) is 7.67. The van der Waals surface area contributed by atoms with Crippen molar-refractivity contribution in [3.63, 3.8) is 0 Å². The minimum absolute atomic E-state index is 0.212. The fraction of sp³-hybridized carbons (Fsp3) is 0.333. The molecule has 0 fully saturated rings. The summed E-state index contributed by atoms with van der Waals surface area (Å²) >= 11 is 0. The Morgan fingerprint density at radius 3 is 2.26 bits per heavy atom. The predicted octanol–water partition coefficient (Wildman–Crippen LogP) is 2.54. The van der Waals surface area contributed by atoms with Crippen LogP contribution in [-0.4, -0.2) is 39.2 Å². The second kappa shape index (κ2) is 10.2. The lowest BCUT2D eigenvalue weighted by atomic mass is 10.0. The molecule has 0 saturated carbocycles. The number of nitrogens with one attached hydrogen (secondary N) is 1. The van der Waals surface area contributed by atoms with Gasteiger partial charge < -0.3 is 19.5 Å². The third-order valence-corrected chi connectivity index (χ3v) is 4.19. The van der Waals surface area contributed by atoms with Gasteiger partial charge in [0.15, 0.2) is 11.5 Å². The van der Waals surface area contributed by atoms with Gasteiger partial charge in [-0.05, 0) is 29.7 Å². The number of methoxy groups -OCH3 is 3. The van der Waals surface area contributed by atoms with E-state index in [2.05, 4.69) is 5.32 Å². The minimum atomic E-state index is -0.713. The summed E-state index contributed by atoms with van der Waals surface area (Å²) in [4.78, 5) is 24.4. The molecule has 1 N–H and O–H groups in total. The van der Waals surface area contributed by atoms with Crippen molar-refractivity contribution in [1.29, 1.82) is 0 Å². The van der Waals surface area contributed by atoms with Gasteiger partial charge >= 0.3 is 5.97 Å². The lowest BCUT2D eigenvalue weighted by Gasteiger charge is -2.17. The fourth-order valence-electron chi connectivity index (χ4n) is 2.75. The van der Waals surface area contributed by atoms with Crippen molar-refractivity contribution in [2.45, 2.75) is 25.3 Å². The number of carbonyl (C=O) groups excluding carboxylic acids is 2. The van der Waals surface area contributed by atoms with Crippen LogP contribution in [0.3, 0.4) is 0 Å². The molecule has 0 saturated heterocycles. The molecule has 2 aromatic carbocycles. The summed E-state index contributed by atoms with van der Waals surface area (Å²) in [5.41, 5.74) is 1.90. The third-order valence-electron chi connectivity index (χ3n) is 4.19. The molecule has 1 amide bonds. The van der Waals surface area contributed by atoms with Crippen LogP contribution in [0.1, 0.15) is 17.5 Å². The zero-order chi connectivity index (χ0) is 19.6. The summed E-state index contributed by atoms with van der Waals surface area (Å²) in [5, 5.41) is 2.77. The molecule has 2 rings (SSSR count). The highest BCUT2D eigenvalue weighted by atomic mass is 16.5. The van der Waals surface area contributed by atoms with E-state index in [1.54, 1.807) is 20.3 Å². The highest BCUT2D eigenvalue weighted by molar-refractivity contribution is 5.84. The van der Waals surface area contributed by atoms with E-state index in [-0.39, 0.29) is 12.3 Å². The first-order valence-corrected chi connectivity index (χ1v) is 8.69. The number of benzene rings is 2. The Balaban J connectivity index is 1.96. The van der Waals surface area contributed by atoms with Crippen LogP contribution in [0.2, 0.25) is 0 Å². The molecule has 0 bridgehead atoms. The molecule has 0 aromatic heterocycles. The topological polar surface area (TPSA) is 73.9 Å². The number of aryl methyl sites for hydroxylation is 1. The molecular weight excluding hydrogens is 346 g/mol. The van der Waals surface area contributed by atoms with Crippen LogP contribution in [0.5, 0.6) is 11.5 Å². The van der Waals surface area contributed by atoms with Gasteiger partial charge in [0.25, 0.3) is 0 Å². The summed E-state index contributed by atoms with van der Waals surface area (Å²) in [5.74, 6) is 0.584. The Hall–Kier alpha value is -3.02. The van der Waals surface area contributed by atoms with Gasteiger partial charge in [-0.3, -0.25) is 4.79 Å². The Bertz CT molecular complexity index is 760. The first kappa shape index (κ1) is 20.3. The molecular formula is C21H25NO5. The number of rotatable bonds is 9. The quantitative estimate of drug-likeness (QED) is 0.686. The molecule has 0 aliphatic carbocycles. The standard InChI is InChI=1S/C21H25NO5/c1-25-18-11-9-16(14-19(18)26-2)10-12-20(23)22-17(21(24)27-3)13-15-7-5-4-6-8-15/h4-9,11,14,17H,10,12-13H2,1-3H3,(H,22,23). The van der Waals surface area contributed by atoms with E-state index in [0.717, 1.165) is 11.1 Å². The Labute approximate surface area is 159 Å². The lowest BCUT2D eigenvalue weighted by molar-refractivity contribution is -0.145. The van der Waals surface area contributed by atoms with Gasteiger partial charge in [0.2, 0.25) is 5.91 Å². The van der Waals surface area contributed by atoms with E-state index >= 15 is 0 Å². The molecule has 6 nitrogen and oxygen atoms in total. The average molecular weight is 371 g/mol.